The standard InChI is InChI=1S/C15H19ClN4O2/c1-10(2)7-11(21)8-17-15(22)13-9-20(19-18-13)14-6-4-3-5-12(14)16/h3-6,9-11,21H,7-8H2,1-2H3,(H,17,22). The van der Waals surface area contributed by atoms with E-state index in [0.29, 0.717) is 23.0 Å². The van der Waals surface area contributed by atoms with Gasteiger partial charge in [0.25, 0.3) is 5.91 Å². The summed E-state index contributed by atoms with van der Waals surface area (Å²) in [5.74, 6) is -0.00545. The average molecular weight is 323 g/mol. The van der Waals surface area contributed by atoms with Crippen molar-refractivity contribution in [1.82, 2.24) is 20.3 Å². The Bertz CT molecular complexity index is 642. The second-order valence-corrected chi connectivity index (χ2v) is 5.90. The van der Waals surface area contributed by atoms with E-state index >= 15 is 0 Å². The molecule has 1 amide bonds. The van der Waals surface area contributed by atoms with Crippen LogP contribution >= 0.6 is 11.6 Å². The molecule has 2 N–H and O–H groups in total. The van der Waals surface area contributed by atoms with Gasteiger partial charge in [0.2, 0.25) is 0 Å². The monoisotopic (exact) mass is 322 g/mol. The number of aromatic nitrogens is 3. The zero-order valence-electron chi connectivity index (χ0n) is 12.5. The van der Waals surface area contributed by atoms with Crippen LogP contribution in [0.1, 0.15) is 30.8 Å². The summed E-state index contributed by atoms with van der Waals surface area (Å²) in [7, 11) is 0. The zero-order valence-corrected chi connectivity index (χ0v) is 13.3. The minimum Gasteiger partial charge on any atom is -0.391 e. The number of halogens is 1. The Morgan fingerprint density at radius 2 is 2.14 bits per heavy atom. The fourth-order valence-corrected chi connectivity index (χ4v) is 2.27. The summed E-state index contributed by atoms with van der Waals surface area (Å²) >= 11 is 6.08. The smallest absolute Gasteiger partial charge is 0.273 e. The molecule has 0 bridgehead atoms. The van der Waals surface area contributed by atoms with Crippen LogP contribution < -0.4 is 5.32 Å². The Morgan fingerprint density at radius 3 is 2.82 bits per heavy atom. The number of hydrogen-bond acceptors (Lipinski definition) is 4. The van der Waals surface area contributed by atoms with Gasteiger partial charge in [-0.25, -0.2) is 4.68 Å². The largest absolute Gasteiger partial charge is 0.391 e. The van der Waals surface area contributed by atoms with Crippen molar-refractivity contribution in [3.8, 4) is 5.69 Å². The quantitative estimate of drug-likeness (QED) is 0.853. The van der Waals surface area contributed by atoms with Crippen LogP contribution in [0, 0.1) is 5.92 Å². The highest BCUT2D eigenvalue weighted by molar-refractivity contribution is 6.32. The lowest BCUT2D eigenvalue weighted by atomic mass is 10.1. The average Bonchev–Trinajstić information content (AvgIpc) is 2.94. The highest BCUT2D eigenvalue weighted by atomic mass is 35.5. The fraction of sp³-hybridized carbons (Fsp3) is 0.400. The van der Waals surface area contributed by atoms with Crippen LogP contribution in [-0.4, -0.2) is 38.7 Å². The van der Waals surface area contributed by atoms with Crippen molar-refractivity contribution in [2.45, 2.75) is 26.4 Å². The first kappa shape index (κ1) is 16.5. The lowest BCUT2D eigenvalue weighted by Crippen LogP contribution is -2.33. The molecule has 0 saturated heterocycles. The first-order valence-electron chi connectivity index (χ1n) is 7.11. The number of carbonyl (C=O) groups is 1. The Kier molecular flexibility index (Phi) is 5.51. The number of nitrogens with zero attached hydrogens (tertiary/aromatic N) is 3. The number of para-hydroxylation sites is 1. The molecule has 0 saturated carbocycles. The van der Waals surface area contributed by atoms with E-state index < -0.39 is 6.10 Å². The first-order chi connectivity index (χ1) is 10.5. The van der Waals surface area contributed by atoms with Crippen LogP contribution in [0.3, 0.4) is 0 Å². The number of rotatable bonds is 6. The molecule has 1 atom stereocenters. The number of carbonyl (C=O) groups excluding carboxylic acids is 1. The van der Waals surface area contributed by atoms with Gasteiger partial charge in [0.1, 0.15) is 0 Å². The summed E-state index contributed by atoms with van der Waals surface area (Å²) in [6, 6.07) is 7.16. The summed E-state index contributed by atoms with van der Waals surface area (Å²) in [6.07, 6.45) is 1.57. The summed E-state index contributed by atoms with van der Waals surface area (Å²) in [5, 5.41) is 20.7. The van der Waals surface area contributed by atoms with Gasteiger partial charge < -0.3 is 10.4 Å². The summed E-state index contributed by atoms with van der Waals surface area (Å²) in [4.78, 5) is 12.0. The molecule has 0 aliphatic rings. The van der Waals surface area contributed by atoms with Crippen molar-refractivity contribution in [1.29, 1.82) is 0 Å². The van der Waals surface area contributed by atoms with Crippen LogP contribution in [0.4, 0.5) is 0 Å². The van der Waals surface area contributed by atoms with E-state index in [2.05, 4.69) is 15.6 Å². The molecule has 2 rings (SSSR count). The molecule has 0 fully saturated rings. The minimum absolute atomic E-state index is 0.177. The molecular weight excluding hydrogens is 304 g/mol. The van der Waals surface area contributed by atoms with Crippen molar-refractivity contribution in [2.24, 2.45) is 5.92 Å². The van der Waals surface area contributed by atoms with E-state index in [9.17, 15) is 9.90 Å². The zero-order chi connectivity index (χ0) is 16.1. The molecule has 22 heavy (non-hydrogen) atoms. The predicted molar refractivity (Wildman–Crippen MR) is 84.2 cm³/mol. The van der Waals surface area contributed by atoms with Gasteiger partial charge in [-0.1, -0.05) is 42.8 Å². The van der Waals surface area contributed by atoms with Crippen LogP contribution in [0.5, 0.6) is 0 Å². The van der Waals surface area contributed by atoms with Crippen molar-refractivity contribution < 1.29 is 9.90 Å². The molecular formula is C15H19ClN4O2. The lowest BCUT2D eigenvalue weighted by molar-refractivity contribution is 0.0895. The van der Waals surface area contributed by atoms with E-state index in [1.807, 2.05) is 26.0 Å². The van der Waals surface area contributed by atoms with E-state index in [1.165, 1.54) is 10.9 Å². The second kappa shape index (κ2) is 7.38. The topological polar surface area (TPSA) is 80.0 Å². The number of nitrogens with one attached hydrogen (secondary N) is 1. The number of aliphatic hydroxyl groups is 1. The Labute approximate surface area is 134 Å². The summed E-state index contributed by atoms with van der Waals surface area (Å²) in [5.41, 5.74) is 0.826. The van der Waals surface area contributed by atoms with Gasteiger partial charge in [0.05, 0.1) is 23.0 Å². The van der Waals surface area contributed by atoms with Crippen LogP contribution in [0.25, 0.3) is 5.69 Å². The number of benzene rings is 1. The summed E-state index contributed by atoms with van der Waals surface area (Å²) < 4.78 is 1.45. The molecule has 0 aliphatic heterocycles. The molecule has 118 valence electrons. The van der Waals surface area contributed by atoms with E-state index in [1.54, 1.807) is 12.1 Å². The van der Waals surface area contributed by atoms with Crippen molar-refractivity contribution in [3.05, 3.63) is 41.2 Å². The lowest BCUT2D eigenvalue weighted by Gasteiger charge is -2.13. The maximum absolute atomic E-state index is 12.0. The molecule has 2 aromatic rings. The van der Waals surface area contributed by atoms with Gasteiger partial charge in [0, 0.05) is 6.54 Å². The Hall–Kier alpha value is -1.92. The number of amides is 1. The highest BCUT2D eigenvalue weighted by Crippen LogP contribution is 2.18. The van der Waals surface area contributed by atoms with Crippen LogP contribution in [0.15, 0.2) is 30.5 Å². The molecule has 0 spiro atoms. The van der Waals surface area contributed by atoms with Crippen LogP contribution in [0.2, 0.25) is 5.02 Å². The molecule has 1 aromatic carbocycles. The van der Waals surface area contributed by atoms with Gasteiger partial charge in [-0.15, -0.1) is 5.10 Å². The molecule has 6 nitrogen and oxygen atoms in total. The fourth-order valence-electron chi connectivity index (χ4n) is 2.05. The number of aliphatic hydroxyl groups excluding tert-OH is 1. The van der Waals surface area contributed by atoms with Gasteiger partial charge in [0.15, 0.2) is 5.69 Å². The molecule has 7 heteroatoms. The number of hydrogen-bond donors (Lipinski definition) is 2. The third-order valence-electron chi connectivity index (χ3n) is 3.07. The third kappa shape index (κ3) is 4.29. The van der Waals surface area contributed by atoms with Gasteiger partial charge >= 0.3 is 0 Å². The van der Waals surface area contributed by atoms with E-state index in [0.717, 1.165) is 0 Å². The van der Waals surface area contributed by atoms with E-state index in [4.69, 9.17) is 11.6 Å². The minimum atomic E-state index is -0.567. The molecule has 1 unspecified atom stereocenters. The van der Waals surface area contributed by atoms with E-state index in [-0.39, 0.29) is 18.1 Å². The Balaban J connectivity index is 1.99. The summed E-state index contributed by atoms with van der Waals surface area (Å²) in [6.45, 7) is 4.22. The van der Waals surface area contributed by atoms with Gasteiger partial charge in [-0.05, 0) is 24.5 Å². The predicted octanol–water partition coefficient (Wildman–Crippen LogP) is 2.06. The highest BCUT2D eigenvalue weighted by Gasteiger charge is 2.14. The van der Waals surface area contributed by atoms with Gasteiger partial charge in [-0.2, -0.15) is 0 Å². The van der Waals surface area contributed by atoms with Crippen molar-refractivity contribution in [3.63, 3.8) is 0 Å². The van der Waals surface area contributed by atoms with Crippen molar-refractivity contribution >= 4 is 17.5 Å². The maximum Gasteiger partial charge on any atom is 0.273 e. The van der Waals surface area contributed by atoms with Gasteiger partial charge in [-0.3, -0.25) is 4.79 Å². The molecule has 1 aromatic heterocycles. The Morgan fingerprint density at radius 1 is 1.41 bits per heavy atom. The molecule has 0 aliphatic carbocycles. The normalized spacial score (nSPS) is 12.4. The second-order valence-electron chi connectivity index (χ2n) is 5.49. The third-order valence-corrected chi connectivity index (χ3v) is 3.39. The molecule has 1 heterocycles. The SMILES string of the molecule is CC(C)CC(O)CNC(=O)c1cn(-c2ccccc2Cl)nn1. The maximum atomic E-state index is 12.0. The first-order valence-corrected chi connectivity index (χ1v) is 7.48. The van der Waals surface area contributed by atoms with Crippen molar-refractivity contribution in [2.75, 3.05) is 6.54 Å². The van der Waals surface area contributed by atoms with Crippen LogP contribution in [-0.2, 0) is 0 Å². The molecule has 0 radical (unpaired) electrons.